The molecule has 0 aliphatic carbocycles. The van der Waals surface area contributed by atoms with Crippen LogP contribution >= 0.6 is 0 Å². The summed E-state index contributed by atoms with van der Waals surface area (Å²) in [5, 5.41) is 4.49. The molecule has 0 atom stereocenters. The van der Waals surface area contributed by atoms with Crippen LogP contribution in [0.3, 0.4) is 0 Å². The summed E-state index contributed by atoms with van der Waals surface area (Å²) in [4.78, 5) is 2.30. The van der Waals surface area contributed by atoms with E-state index in [0.717, 1.165) is 36.7 Å². The van der Waals surface area contributed by atoms with E-state index < -0.39 is 0 Å². The molecule has 0 radical (unpaired) electrons. The number of hydrogen-bond acceptors (Lipinski definition) is 3. The molecular formula is C15H22N4. The summed E-state index contributed by atoms with van der Waals surface area (Å²) in [7, 11) is 0. The minimum Gasteiger partial charge on any atom is -0.399 e. The van der Waals surface area contributed by atoms with Gasteiger partial charge in [-0.25, -0.2) is 0 Å². The number of nitrogens with two attached hydrogens (primary N) is 1. The topological polar surface area (TPSA) is 47.1 Å². The van der Waals surface area contributed by atoms with Gasteiger partial charge in [-0.1, -0.05) is 6.07 Å². The molecule has 1 aromatic carbocycles. The molecular weight excluding hydrogens is 236 g/mol. The highest BCUT2D eigenvalue weighted by Crippen LogP contribution is 2.20. The summed E-state index contributed by atoms with van der Waals surface area (Å²) in [6.07, 6.45) is 0. The average Bonchev–Trinajstić information content (AvgIpc) is 2.76. The zero-order valence-electron chi connectivity index (χ0n) is 11.9. The van der Waals surface area contributed by atoms with Crippen LogP contribution in [0.5, 0.6) is 0 Å². The van der Waals surface area contributed by atoms with E-state index in [2.05, 4.69) is 40.7 Å². The van der Waals surface area contributed by atoms with Crippen LogP contribution in [0.2, 0.25) is 0 Å². The van der Waals surface area contributed by atoms with Crippen LogP contribution in [0.4, 0.5) is 11.4 Å². The normalized spacial score (nSPS) is 10.7. The summed E-state index contributed by atoms with van der Waals surface area (Å²) in [6.45, 7) is 9.01. The van der Waals surface area contributed by atoms with Gasteiger partial charge in [0.15, 0.2) is 0 Å². The molecule has 4 nitrogen and oxygen atoms in total. The summed E-state index contributed by atoms with van der Waals surface area (Å²) < 4.78 is 2.06. The predicted molar refractivity (Wildman–Crippen MR) is 80.2 cm³/mol. The van der Waals surface area contributed by atoms with Crippen molar-refractivity contribution in [3.05, 3.63) is 41.7 Å². The molecule has 1 heterocycles. The first-order valence-electron chi connectivity index (χ1n) is 6.77. The zero-order valence-corrected chi connectivity index (χ0v) is 11.9. The van der Waals surface area contributed by atoms with Crippen LogP contribution in [-0.2, 0) is 13.1 Å². The molecule has 4 heteroatoms. The molecule has 2 N–H and O–H groups in total. The van der Waals surface area contributed by atoms with E-state index in [1.54, 1.807) is 0 Å². The summed E-state index contributed by atoms with van der Waals surface area (Å²) in [6, 6.07) is 10.2. The van der Waals surface area contributed by atoms with E-state index >= 15 is 0 Å². The molecule has 1 aromatic heterocycles. The molecule has 19 heavy (non-hydrogen) atoms. The third-order valence-corrected chi connectivity index (χ3v) is 3.25. The Balaban J connectivity index is 2.23. The van der Waals surface area contributed by atoms with Gasteiger partial charge in [0.05, 0.1) is 17.9 Å². The van der Waals surface area contributed by atoms with Gasteiger partial charge in [-0.2, -0.15) is 5.10 Å². The van der Waals surface area contributed by atoms with Gasteiger partial charge in [-0.3, -0.25) is 4.68 Å². The molecule has 2 aromatic rings. The molecule has 0 aliphatic heterocycles. The standard InChI is InChI=1S/C15H22N4/c1-4-18(14-8-6-7-13(16)10-14)11-15-9-12(3)17-19(15)5-2/h6-10H,4-5,11,16H2,1-3H3. The predicted octanol–water partition coefficient (Wildman–Crippen LogP) is 2.82. The highest BCUT2D eigenvalue weighted by molar-refractivity contribution is 5.55. The Morgan fingerprint density at radius 1 is 1.26 bits per heavy atom. The smallest absolute Gasteiger partial charge is 0.0598 e. The second-order valence-electron chi connectivity index (χ2n) is 4.70. The van der Waals surface area contributed by atoms with E-state index in [9.17, 15) is 0 Å². The molecule has 0 saturated carbocycles. The second kappa shape index (κ2) is 5.78. The number of anilines is 2. The molecule has 0 amide bonds. The molecule has 0 bridgehead atoms. The van der Waals surface area contributed by atoms with Gasteiger partial charge in [0.1, 0.15) is 0 Å². The van der Waals surface area contributed by atoms with Crippen molar-refractivity contribution in [3.63, 3.8) is 0 Å². The maximum atomic E-state index is 5.86. The lowest BCUT2D eigenvalue weighted by Crippen LogP contribution is -2.23. The Bertz CT molecular complexity index is 545. The molecule has 0 fully saturated rings. The quantitative estimate of drug-likeness (QED) is 0.839. The highest BCUT2D eigenvalue weighted by Gasteiger charge is 2.10. The number of aryl methyl sites for hydroxylation is 2. The third kappa shape index (κ3) is 3.08. The van der Waals surface area contributed by atoms with Gasteiger partial charge in [0.25, 0.3) is 0 Å². The molecule has 0 saturated heterocycles. The zero-order chi connectivity index (χ0) is 13.8. The fourth-order valence-corrected chi connectivity index (χ4v) is 2.30. The van der Waals surface area contributed by atoms with Crippen molar-refractivity contribution in [1.29, 1.82) is 0 Å². The van der Waals surface area contributed by atoms with E-state index in [-0.39, 0.29) is 0 Å². The van der Waals surface area contributed by atoms with Crippen molar-refractivity contribution in [2.24, 2.45) is 0 Å². The largest absolute Gasteiger partial charge is 0.399 e. The van der Waals surface area contributed by atoms with Gasteiger partial charge < -0.3 is 10.6 Å². The molecule has 102 valence electrons. The first-order chi connectivity index (χ1) is 9.13. The monoisotopic (exact) mass is 258 g/mol. The van der Waals surface area contributed by atoms with Crippen molar-refractivity contribution in [2.75, 3.05) is 17.2 Å². The Hall–Kier alpha value is -1.97. The number of benzene rings is 1. The van der Waals surface area contributed by atoms with Gasteiger partial charge in [0.2, 0.25) is 0 Å². The summed E-state index contributed by atoms with van der Waals surface area (Å²) in [5.74, 6) is 0. The maximum absolute atomic E-state index is 5.86. The Morgan fingerprint density at radius 3 is 2.68 bits per heavy atom. The van der Waals surface area contributed by atoms with Crippen LogP contribution in [0, 0.1) is 6.92 Å². The average molecular weight is 258 g/mol. The number of rotatable bonds is 5. The van der Waals surface area contributed by atoms with Crippen LogP contribution in [0.15, 0.2) is 30.3 Å². The van der Waals surface area contributed by atoms with Crippen molar-refractivity contribution in [1.82, 2.24) is 9.78 Å². The van der Waals surface area contributed by atoms with Crippen molar-refractivity contribution in [3.8, 4) is 0 Å². The lowest BCUT2D eigenvalue weighted by molar-refractivity contribution is 0.608. The lowest BCUT2D eigenvalue weighted by atomic mass is 10.2. The second-order valence-corrected chi connectivity index (χ2v) is 4.70. The SMILES string of the molecule is CCN(Cc1cc(C)nn1CC)c1cccc(N)c1. The van der Waals surface area contributed by atoms with Crippen molar-refractivity contribution < 1.29 is 0 Å². The Morgan fingerprint density at radius 2 is 2.05 bits per heavy atom. The number of nitrogen functional groups attached to an aromatic ring is 1. The van der Waals surface area contributed by atoms with Crippen LogP contribution in [0.1, 0.15) is 25.2 Å². The first-order valence-corrected chi connectivity index (χ1v) is 6.77. The minimum absolute atomic E-state index is 0.802. The van der Waals surface area contributed by atoms with Gasteiger partial charge in [-0.15, -0.1) is 0 Å². The van der Waals surface area contributed by atoms with E-state index in [1.807, 2.05) is 25.1 Å². The van der Waals surface area contributed by atoms with Crippen LogP contribution in [-0.4, -0.2) is 16.3 Å². The Kier molecular flexibility index (Phi) is 4.10. The number of aromatic nitrogens is 2. The third-order valence-electron chi connectivity index (χ3n) is 3.25. The van der Waals surface area contributed by atoms with Gasteiger partial charge in [0, 0.05) is 24.5 Å². The van der Waals surface area contributed by atoms with Gasteiger partial charge in [-0.05, 0) is 45.0 Å². The van der Waals surface area contributed by atoms with E-state index in [4.69, 9.17) is 5.73 Å². The van der Waals surface area contributed by atoms with Crippen LogP contribution < -0.4 is 10.6 Å². The molecule has 2 rings (SSSR count). The molecule has 0 unspecified atom stereocenters. The summed E-state index contributed by atoms with van der Waals surface area (Å²) in [5.41, 5.74) is 10.1. The highest BCUT2D eigenvalue weighted by atomic mass is 15.3. The molecule has 0 spiro atoms. The fraction of sp³-hybridized carbons (Fsp3) is 0.400. The van der Waals surface area contributed by atoms with Gasteiger partial charge >= 0.3 is 0 Å². The Labute approximate surface area is 114 Å². The van der Waals surface area contributed by atoms with Crippen LogP contribution in [0.25, 0.3) is 0 Å². The summed E-state index contributed by atoms with van der Waals surface area (Å²) >= 11 is 0. The maximum Gasteiger partial charge on any atom is 0.0598 e. The lowest BCUT2D eigenvalue weighted by Gasteiger charge is -2.23. The van der Waals surface area contributed by atoms with Crippen molar-refractivity contribution in [2.45, 2.75) is 33.9 Å². The number of hydrogen-bond donors (Lipinski definition) is 1. The fourth-order valence-electron chi connectivity index (χ4n) is 2.30. The van der Waals surface area contributed by atoms with Crippen molar-refractivity contribution >= 4 is 11.4 Å². The minimum atomic E-state index is 0.802. The van der Waals surface area contributed by atoms with E-state index in [1.165, 1.54) is 5.69 Å². The molecule has 0 aliphatic rings. The van der Waals surface area contributed by atoms with E-state index in [0.29, 0.717) is 0 Å². The number of nitrogens with zero attached hydrogens (tertiary/aromatic N) is 3. The first kappa shape index (κ1) is 13.5.